The minimum atomic E-state index is 0.627. The van der Waals surface area contributed by atoms with E-state index >= 15 is 0 Å². The average Bonchev–Trinajstić information content (AvgIpc) is 3.84. The van der Waals surface area contributed by atoms with Gasteiger partial charge >= 0.3 is 0 Å². The lowest BCUT2D eigenvalue weighted by molar-refractivity contribution is 1.17. The second-order valence-electron chi connectivity index (χ2n) is 13.9. The van der Waals surface area contributed by atoms with Gasteiger partial charge in [-0.3, -0.25) is 9.97 Å². The molecular weight excluding hydrogens is 721 g/mol. The van der Waals surface area contributed by atoms with Gasteiger partial charge in [-0.05, 0) is 113 Å². The van der Waals surface area contributed by atoms with E-state index in [1.54, 1.807) is 12.4 Å². The van der Waals surface area contributed by atoms with Crippen molar-refractivity contribution in [3.63, 3.8) is 0 Å². The van der Waals surface area contributed by atoms with Gasteiger partial charge in [-0.15, -0.1) is 22.7 Å². The van der Waals surface area contributed by atoms with Crippen LogP contribution in [0, 0.1) is 0 Å². The summed E-state index contributed by atoms with van der Waals surface area (Å²) in [5.41, 5.74) is 11.3. The summed E-state index contributed by atoms with van der Waals surface area (Å²) in [6.45, 7) is 0. The number of benzene rings is 6. The highest BCUT2D eigenvalue weighted by Crippen LogP contribution is 2.41. The van der Waals surface area contributed by atoms with Crippen molar-refractivity contribution in [2.75, 3.05) is 0 Å². The van der Waals surface area contributed by atoms with Gasteiger partial charge in [0.15, 0.2) is 5.82 Å². The summed E-state index contributed by atoms with van der Waals surface area (Å²) >= 11 is 3.68. The summed E-state index contributed by atoms with van der Waals surface area (Å²) < 4.78 is 5.18. The molecule has 0 unspecified atom stereocenters. The van der Waals surface area contributed by atoms with Crippen LogP contribution in [0.4, 0.5) is 0 Å². The number of nitrogens with zero attached hydrogens (tertiary/aromatic N) is 4. The van der Waals surface area contributed by atoms with E-state index in [0.29, 0.717) is 5.82 Å². The Labute approximate surface area is 331 Å². The summed E-state index contributed by atoms with van der Waals surface area (Å²) in [7, 11) is 0. The predicted molar refractivity (Wildman–Crippen MR) is 236 cm³/mol. The molecule has 0 aliphatic heterocycles. The first kappa shape index (κ1) is 32.6. The lowest BCUT2D eigenvalue weighted by atomic mass is 9.93. The van der Waals surface area contributed by atoms with Gasteiger partial charge in [-0.25, -0.2) is 9.97 Å². The van der Waals surface area contributed by atoms with E-state index in [1.165, 1.54) is 40.3 Å². The number of rotatable bonds is 6. The Morgan fingerprint density at radius 3 is 1.39 bits per heavy atom. The molecule has 0 saturated heterocycles. The van der Waals surface area contributed by atoms with E-state index in [9.17, 15) is 0 Å². The van der Waals surface area contributed by atoms with Crippen molar-refractivity contribution in [2.45, 2.75) is 0 Å². The van der Waals surface area contributed by atoms with Crippen LogP contribution >= 0.6 is 22.7 Å². The fourth-order valence-corrected chi connectivity index (χ4v) is 9.85. The number of pyridine rings is 2. The molecule has 6 aromatic carbocycles. The van der Waals surface area contributed by atoms with Gasteiger partial charge < -0.3 is 0 Å². The van der Waals surface area contributed by atoms with Gasteiger partial charge in [0.05, 0.1) is 11.4 Å². The molecule has 0 aliphatic rings. The van der Waals surface area contributed by atoms with Crippen molar-refractivity contribution in [2.24, 2.45) is 0 Å². The van der Waals surface area contributed by atoms with E-state index < -0.39 is 0 Å². The van der Waals surface area contributed by atoms with Crippen LogP contribution in [-0.4, -0.2) is 19.9 Å². The van der Waals surface area contributed by atoms with E-state index in [-0.39, 0.29) is 0 Å². The Bertz CT molecular complexity index is 3130. The molecule has 0 amide bonds. The Morgan fingerprint density at radius 2 is 0.786 bits per heavy atom. The van der Waals surface area contributed by atoms with Crippen molar-refractivity contribution in [1.82, 2.24) is 19.9 Å². The van der Waals surface area contributed by atoms with E-state index in [0.717, 1.165) is 61.5 Å². The third kappa shape index (κ3) is 5.84. The highest BCUT2D eigenvalue weighted by Gasteiger charge is 2.16. The van der Waals surface area contributed by atoms with E-state index in [1.807, 2.05) is 53.3 Å². The van der Waals surface area contributed by atoms with E-state index in [4.69, 9.17) is 9.97 Å². The molecule has 11 aromatic rings. The molecule has 0 saturated carbocycles. The predicted octanol–water partition coefficient (Wildman–Crippen LogP) is 14.0. The summed E-state index contributed by atoms with van der Waals surface area (Å²) in [6.07, 6.45) is 7.30. The maximum Gasteiger partial charge on any atom is 0.161 e. The summed E-state index contributed by atoms with van der Waals surface area (Å²) in [6, 6.07) is 56.6. The first-order valence-electron chi connectivity index (χ1n) is 18.5. The van der Waals surface area contributed by atoms with Crippen LogP contribution in [0.1, 0.15) is 0 Å². The molecule has 0 radical (unpaired) electrons. The second-order valence-corrected chi connectivity index (χ2v) is 16.1. The number of fused-ring (bicyclic) bond motifs is 6. The Kier molecular flexibility index (Phi) is 7.83. The van der Waals surface area contributed by atoms with E-state index in [2.05, 4.69) is 149 Å². The number of thiophene rings is 2. The Hall–Kier alpha value is -6.86. The zero-order valence-electron chi connectivity index (χ0n) is 29.9. The normalized spacial score (nSPS) is 11.6. The summed E-state index contributed by atoms with van der Waals surface area (Å²) in [4.78, 5) is 19.2. The molecule has 11 rings (SSSR count). The first-order valence-corrected chi connectivity index (χ1v) is 20.1. The lowest BCUT2D eigenvalue weighted by Gasteiger charge is -2.14. The van der Waals surface area contributed by atoms with Gasteiger partial charge in [0.2, 0.25) is 0 Å². The maximum atomic E-state index is 5.26. The molecule has 0 spiro atoms. The standard InChI is InChI=1S/C50H30N4S2/c1-3-14-46-40(12-1)42-26-32(16-18-48(42)55-46)37-23-38(33-17-19-49-43(27-33)41-13-2-4-15-47(41)56-49)25-39(24-37)45-28-44(53-50(54-45)36-11-7-21-52-30-36)34-9-5-8-31(22-34)35-10-6-20-51-29-35/h1-30H. The molecule has 6 heteroatoms. The zero-order chi connectivity index (χ0) is 37.0. The topological polar surface area (TPSA) is 51.6 Å². The summed E-state index contributed by atoms with van der Waals surface area (Å²) in [5.74, 6) is 0.627. The number of aromatic nitrogens is 4. The van der Waals surface area contributed by atoms with Crippen LogP contribution in [0.5, 0.6) is 0 Å². The second kappa shape index (κ2) is 13.5. The zero-order valence-corrected chi connectivity index (χ0v) is 31.6. The monoisotopic (exact) mass is 750 g/mol. The van der Waals surface area contributed by atoms with Crippen LogP contribution in [-0.2, 0) is 0 Å². The molecular formula is C50H30N4S2. The molecule has 5 heterocycles. The molecule has 56 heavy (non-hydrogen) atoms. The first-order chi connectivity index (χ1) is 27.7. The SMILES string of the molecule is c1cncc(-c2cccc(-c3cc(-c4cc(-c5ccc6sc7ccccc7c6c5)cc(-c5ccc6sc7ccccc7c6c5)c4)nc(-c4cccnc4)n3)c2)c1. The molecule has 4 nitrogen and oxygen atoms in total. The average molecular weight is 751 g/mol. The van der Waals surface area contributed by atoms with Crippen molar-refractivity contribution in [3.8, 4) is 67.3 Å². The van der Waals surface area contributed by atoms with Gasteiger partial charge in [-0.1, -0.05) is 72.8 Å². The van der Waals surface area contributed by atoms with Crippen LogP contribution in [0.3, 0.4) is 0 Å². The molecule has 262 valence electrons. The fourth-order valence-electron chi connectivity index (χ4n) is 7.68. The Balaban J connectivity index is 1.13. The molecule has 0 aliphatic carbocycles. The Morgan fingerprint density at radius 1 is 0.304 bits per heavy atom. The van der Waals surface area contributed by atoms with Crippen LogP contribution < -0.4 is 0 Å². The third-order valence-electron chi connectivity index (χ3n) is 10.4. The maximum absolute atomic E-state index is 5.26. The lowest BCUT2D eigenvalue weighted by Crippen LogP contribution is -1.97. The van der Waals surface area contributed by atoms with Crippen molar-refractivity contribution in [3.05, 3.63) is 183 Å². The van der Waals surface area contributed by atoms with Gasteiger partial charge in [0.25, 0.3) is 0 Å². The number of hydrogen-bond acceptors (Lipinski definition) is 6. The van der Waals surface area contributed by atoms with Gasteiger partial charge in [-0.2, -0.15) is 0 Å². The van der Waals surface area contributed by atoms with Crippen LogP contribution in [0.15, 0.2) is 183 Å². The number of hydrogen-bond donors (Lipinski definition) is 0. The molecule has 0 N–H and O–H groups in total. The van der Waals surface area contributed by atoms with Crippen LogP contribution in [0.2, 0.25) is 0 Å². The van der Waals surface area contributed by atoms with Crippen molar-refractivity contribution >= 4 is 63.0 Å². The minimum absolute atomic E-state index is 0.627. The highest BCUT2D eigenvalue weighted by molar-refractivity contribution is 7.26. The van der Waals surface area contributed by atoms with Crippen molar-refractivity contribution in [1.29, 1.82) is 0 Å². The molecule has 5 aromatic heterocycles. The van der Waals surface area contributed by atoms with Gasteiger partial charge in [0.1, 0.15) is 0 Å². The quantitative estimate of drug-likeness (QED) is 0.170. The molecule has 0 bridgehead atoms. The highest BCUT2D eigenvalue weighted by atomic mass is 32.1. The molecule has 0 atom stereocenters. The smallest absolute Gasteiger partial charge is 0.161 e. The van der Waals surface area contributed by atoms with Crippen LogP contribution in [0.25, 0.3) is 108 Å². The fraction of sp³-hybridized carbons (Fsp3) is 0. The summed E-state index contributed by atoms with van der Waals surface area (Å²) in [5, 5.41) is 5.13. The minimum Gasteiger partial charge on any atom is -0.264 e. The van der Waals surface area contributed by atoms with Gasteiger partial charge in [0, 0.05) is 87.4 Å². The third-order valence-corrected chi connectivity index (χ3v) is 12.8. The molecule has 0 fully saturated rings. The largest absolute Gasteiger partial charge is 0.264 e. The van der Waals surface area contributed by atoms with Crippen molar-refractivity contribution < 1.29 is 0 Å².